The summed E-state index contributed by atoms with van der Waals surface area (Å²) in [6, 6.07) is 15.1. The molecule has 0 radical (unpaired) electrons. The van der Waals surface area contributed by atoms with Gasteiger partial charge in [-0.05, 0) is 36.2 Å². The van der Waals surface area contributed by atoms with Crippen molar-refractivity contribution < 1.29 is 24.3 Å². The molecule has 1 atom stereocenters. The molecule has 0 bridgehead atoms. The lowest BCUT2D eigenvalue weighted by atomic mass is 10.1. The van der Waals surface area contributed by atoms with Crippen LogP contribution in [-0.2, 0) is 25.6 Å². The lowest BCUT2D eigenvalue weighted by Gasteiger charge is -2.26. The maximum Gasteiger partial charge on any atom is 0.328 e. The highest BCUT2D eigenvalue weighted by Crippen LogP contribution is 2.27. The summed E-state index contributed by atoms with van der Waals surface area (Å²) in [7, 11) is 0. The molecule has 1 saturated heterocycles. The molecule has 30 heavy (non-hydrogen) atoms. The number of carboxylic acid groups (broad SMARTS) is 1. The fraction of sp³-hybridized carbons (Fsp3) is 0.182. The monoisotopic (exact) mass is 470 g/mol. The van der Waals surface area contributed by atoms with Crippen LogP contribution >= 0.6 is 15.9 Å². The van der Waals surface area contributed by atoms with E-state index in [1.807, 2.05) is 30.3 Å². The predicted octanol–water partition coefficient (Wildman–Crippen LogP) is 2.79. The predicted molar refractivity (Wildman–Crippen MR) is 114 cm³/mol. The summed E-state index contributed by atoms with van der Waals surface area (Å²) in [4.78, 5) is 51.5. The van der Waals surface area contributed by atoms with Crippen LogP contribution in [0.5, 0.6) is 0 Å². The van der Waals surface area contributed by atoms with E-state index in [0.717, 1.165) is 27.1 Å². The van der Waals surface area contributed by atoms with Crippen LogP contribution in [0.4, 0.5) is 5.69 Å². The number of hydrogen-bond acceptors (Lipinski definition) is 4. The molecule has 8 heteroatoms. The van der Waals surface area contributed by atoms with Crippen LogP contribution in [0.1, 0.15) is 12.0 Å². The molecule has 1 heterocycles. The van der Waals surface area contributed by atoms with Gasteiger partial charge in [0.2, 0.25) is 11.8 Å². The first-order chi connectivity index (χ1) is 14.4. The van der Waals surface area contributed by atoms with Crippen LogP contribution in [0.25, 0.3) is 0 Å². The highest BCUT2D eigenvalue weighted by atomic mass is 79.9. The Morgan fingerprint density at radius 1 is 1.07 bits per heavy atom. The van der Waals surface area contributed by atoms with E-state index in [9.17, 15) is 19.2 Å². The van der Waals surface area contributed by atoms with E-state index in [4.69, 9.17) is 5.11 Å². The lowest BCUT2D eigenvalue weighted by Crippen LogP contribution is -2.45. The molecule has 0 aromatic heterocycles. The third-order valence-corrected chi connectivity index (χ3v) is 5.25. The maximum absolute atomic E-state index is 13.1. The molecular weight excluding hydrogens is 452 g/mol. The summed E-state index contributed by atoms with van der Waals surface area (Å²) in [5, 5.41) is 8.83. The van der Waals surface area contributed by atoms with Gasteiger partial charge in [-0.1, -0.05) is 46.3 Å². The Morgan fingerprint density at radius 3 is 2.37 bits per heavy atom. The van der Waals surface area contributed by atoms with Crippen LogP contribution in [0, 0.1) is 0 Å². The Kier molecular flexibility index (Phi) is 6.79. The minimum Gasteiger partial charge on any atom is -0.478 e. The SMILES string of the molecule is O=C(O)/C=C/C(=O)N(CCc1ccccc1)[C@H]1CC(=O)N(c2ccc(Br)cc2)C1=O. The van der Waals surface area contributed by atoms with Crippen molar-refractivity contribution in [1.82, 2.24) is 4.90 Å². The third-order valence-electron chi connectivity index (χ3n) is 4.72. The van der Waals surface area contributed by atoms with E-state index >= 15 is 0 Å². The number of carbonyl (C=O) groups excluding carboxylic acids is 3. The van der Waals surface area contributed by atoms with Gasteiger partial charge in [0.25, 0.3) is 5.91 Å². The molecule has 1 aliphatic rings. The van der Waals surface area contributed by atoms with E-state index in [-0.39, 0.29) is 13.0 Å². The first-order valence-corrected chi connectivity index (χ1v) is 10.0. The molecule has 0 spiro atoms. The molecule has 0 aliphatic carbocycles. The van der Waals surface area contributed by atoms with E-state index in [0.29, 0.717) is 12.1 Å². The normalized spacial score (nSPS) is 16.3. The Bertz CT molecular complexity index is 988. The fourth-order valence-electron chi connectivity index (χ4n) is 3.27. The highest BCUT2D eigenvalue weighted by Gasteiger charge is 2.43. The molecule has 2 aromatic rings. The zero-order chi connectivity index (χ0) is 21.7. The molecule has 1 N–H and O–H groups in total. The van der Waals surface area contributed by atoms with Crippen molar-refractivity contribution in [2.24, 2.45) is 0 Å². The number of hydrogen-bond donors (Lipinski definition) is 1. The summed E-state index contributed by atoms with van der Waals surface area (Å²) in [6.07, 6.45) is 1.94. The Balaban J connectivity index is 1.85. The van der Waals surface area contributed by atoms with Gasteiger partial charge in [-0.3, -0.25) is 14.4 Å². The number of aliphatic carboxylic acids is 1. The number of carboxylic acids is 1. The van der Waals surface area contributed by atoms with Crippen LogP contribution in [-0.4, -0.2) is 46.3 Å². The van der Waals surface area contributed by atoms with Crippen molar-refractivity contribution >= 4 is 45.3 Å². The second-order valence-corrected chi connectivity index (χ2v) is 7.62. The van der Waals surface area contributed by atoms with Gasteiger partial charge in [0.15, 0.2) is 0 Å². The molecule has 154 valence electrons. The maximum atomic E-state index is 13.1. The molecular formula is C22H19BrN2O5. The number of nitrogens with zero attached hydrogens (tertiary/aromatic N) is 2. The summed E-state index contributed by atoms with van der Waals surface area (Å²) in [6.45, 7) is 0.171. The Morgan fingerprint density at radius 2 is 1.73 bits per heavy atom. The van der Waals surface area contributed by atoms with E-state index in [1.54, 1.807) is 24.3 Å². The summed E-state index contributed by atoms with van der Waals surface area (Å²) >= 11 is 3.31. The minimum absolute atomic E-state index is 0.156. The van der Waals surface area contributed by atoms with Crippen molar-refractivity contribution in [3.05, 3.63) is 76.8 Å². The molecule has 1 aliphatic heterocycles. The molecule has 0 unspecified atom stereocenters. The van der Waals surface area contributed by atoms with Gasteiger partial charge in [-0.2, -0.15) is 0 Å². The van der Waals surface area contributed by atoms with Gasteiger partial charge >= 0.3 is 5.97 Å². The average molecular weight is 471 g/mol. The number of carbonyl (C=O) groups is 4. The van der Waals surface area contributed by atoms with Gasteiger partial charge in [0.1, 0.15) is 6.04 Å². The van der Waals surface area contributed by atoms with Gasteiger partial charge in [-0.25, -0.2) is 9.69 Å². The average Bonchev–Trinajstić information content (AvgIpc) is 3.02. The Labute approximate surface area is 181 Å². The molecule has 3 rings (SSSR count). The van der Waals surface area contributed by atoms with E-state index < -0.39 is 29.7 Å². The van der Waals surface area contributed by atoms with Crippen molar-refractivity contribution in [1.29, 1.82) is 0 Å². The van der Waals surface area contributed by atoms with Crippen molar-refractivity contribution in [2.75, 3.05) is 11.4 Å². The quantitative estimate of drug-likeness (QED) is 0.495. The first kappa shape index (κ1) is 21.4. The van der Waals surface area contributed by atoms with E-state index in [1.165, 1.54) is 4.90 Å². The Hall–Kier alpha value is -3.26. The molecule has 2 aromatic carbocycles. The number of rotatable bonds is 7. The minimum atomic E-state index is -1.27. The van der Waals surface area contributed by atoms with E-state index in [2.05, 4.69) is 15.9 Å². The van der Waals surface area contributed by atoms with Crippen molar-refractivity contribution in [2.45, 2.75) is 18.9 Å². The van der Waals surface area contributed by atoms with Crippen molar-refractivity contribution in [3.8, 4) is 0 Å². The van der Waals surface area contributed by atoms with Gasteiger partial charge < -0.3 is 10.0 Å². The largest absolute Gasteiger partial charge is 0.478 e. The van der Waals surface area contributed by atoms with Crippen LogP contribution in [0.2, 0.25) is 0 Å². The zero-order valence-corrected chi connectivity index (χ0v) is 17.5. The number of halogens is 1. The van der Waals surface area contributed by atoms with Gasteiger partial charge in [0.05, 0.1) is 12.1 Å². The highest BCUT2D eigenvalue weighted by molar-refractivity contribution is 9.10. The third kappa shape index (κ3) is 5.01. The van der Waals surface area contributed by atoms with Crippen LogP contribution in [0.3, 0.4) is 0 Å². The second-order valence-electron chi connectivity index (χ2n) is 6.70. The number of benzene rings is 2. The number of imide groups is 1. The summed E-state index contributed by atoms with van der Waals surface area (Å²) < 4.78 is 0.806. The second kappa shape index (κ2) is 9.49. The summed E-state index contributed by atoms with van der Waals surface area (Å²) in [5.41, 5.74) is 1.38. The van der Waals surface area contributed by atoms with Gasteiger partial charge in [-0.15, -0.1) is 0 Å². The lowest BCUT2D eigenvalue weighted by molar-refractivity contribution is -0.135. The smallest absolute Gasteiger partial charge is 0.328 e. The van der Waals surface area contributed by atoms with Gasteiger partial charge in [0, 0.05) is 23.2 Å². The number of amides is 3. The molecule has 0 saturated carbocycles. The molecule has 1 fully saturated rings. The van der Waals surface area contributed by atoms with Crippen molar-refractivity contribution in [3.63, 3.8) is 0 Å². The molecule has 3 amide bonds. The topological polar surface area (TPSA) is 95.0 Å². The standard InChI is InChI=1S/C22H19BrN2O5/c23-16-6-8-17(9-7-16)25-20(27)14-18(22(25)30)24(19(26)10-11-21(28)29)13-12-15-4-2-1-3-5-15/h1-11,18H,12-14H2,(H,28,29)/b11-10+/t18-/m0/s1. The zero-order valence-electron chi connectivity index (χ0n) is 15.9. The molecule has 7 nitrogen and oxygen atoms in total. The number of anilines is 1. The fourth-order valence-corrected chi connectivity index (χ4v) is 3.54. The van der Waals surface area contributed by atoms with Crippen LogP contribution < -0.4 is 4.90 Å². The van der Waals surface area contributed by atoms with Crippen LogP contribution in [0.15, 0.2) is 71.2 Å². The summed E-state index contributed by atoms with van der Waals surface area (Å²) in [5.74, 6) is -2.81. The first-order valence-electron chi connectivity index (χ1n) is 9.24.